The SMILES string of the molecule is CO[Si](OC)(OC)C(C)COC(N)=O. The van der Waals surface area contributed by atoms with Crippen molar-refractivity contribution in [2.75, 3.05) is 27.9 Å². The van der Waals surface area contributed by atoms with Crippen LogP contribution in [0.1, 0.15) is 6.92 Å². The third-order valence-electron chi connectivity index (χ3n) is 1.93. The third-order valence-corrected chi connectivity index (χ3v) is 5.01. The number of carbonyl (C=O) groups excluding carboxylic acids is 1. The summed E-state index contributed by atoms with van der Waals surface area (Å²) in [6.45, 7) is 1.93. The Hall–Kier alpha value is -0.633. The minimum atomic E-state index is -2.72. The molecule has 84 valence electrons. The average Bonchev–Trinajstić information content (AvgIpc) is 2.18. The van der Waals surface area contributed by atoms with Gasteiger partial charge in [0.15, 0.2) is 0 Å². The van der Waals surface area contributed by atoms with Crippen LogP contribution in [0.4, 0.5) is 4.79 Å². The zero-order chi connectivity index (χ0) is 11.2. The molecule has 0 spiro atoms. The van der Waals surface area contributed by atoms with Gasteiger partial charge in [-0.25, -0.2) is 4.79 Å². The second-order valence-electron chi connectivity index (χ2n) is 2.75. The van der Waals surface area contributed by atoms with E-state index in [1.807, 2.05) is 6.92 Å². The highest BCUT2D eigenvalue weighted by molar-refractivity contribution is 6.62. The smallest absolute Gasteiger partial charge is 0.449 e. The van der Waals surface area contributed by atoms with E-state index in [1.54, 1.807) is 0 Å². The van der Waals surface area contributed by atoms with E-state index in [2.05, 4.69) is 4.74 Å². The molecule has 0 aliphatic heterocycles. The van der Waals surface area contributed by atoms with Crippen molar-refractivity contribution in [1.29, 1.82) is 0 Å². The highest BCUT2D eigenvalue weighted by Crippen LogP contribution is 2.23. The maximum atomic E-state index is 10.4. The first kappa shape index (κ1) is 13.4. The number of ether oxygens (including phenoxy) is 1. The van der Waals surface area contributed by atoms with E-state index in [4.69, 9.17) is 19.0 Å². The molecular formula is C7H17NO5Si. The van der Waals surface area contributed by atoms with Gasteiger partial charge in [0, 0.05) is 21.3 Å². The largest absolute Gasteiger partial charge is 0.506 e. The molecule has 7 heteroatoms. The van der Waals surface area contributed by atoms with Gasteiger partial charge in [-0.1, -0.05) is 6.92 Å². The van der Waals surface area contributed by atoms with Gasteiger partial charge >= 0.3 is 14.9 Å². The first-order valence-corrected chi connectivity index (χ1v) is 5.90. The molecule has 6 nitrogen and oxygen atoms in total. The monoisotopic (exact) mass is 223 g/mol. The number of carbonyl (C=O) groups is 1. The van der Waals surface area contributed by atoms with Gasteiger partial charge in [-0.15, -0.1) is 0 Å². The fourth-order valence-corrected chi connectivity index (χ4v) is 3.16. The fraction of sp³-hybridized carbons (Fsp3) is 0.857. The molecule has 0 fully saturated rings. The standard InChI is InChI=1S/C7H17NO5Si/c1-6(5-13-7(8)9)14(10-2,11-3)12-4/h6H,5H2,1-4H3,(H2,8,9). The van der Waals surface area contributed by atoms with Crippen LogP contribution in [-0.4, -0.2) is 42.8 Å². The fourth-order valence-electron chi connectivity index (χ4n) is 1.16. The van der Waals surface area contributed by atoms with Gasteiger partial charge in [-0.3, -0.25) is 0 Å². The molecule has 0 saturated heterocycles. The first-order chi connectivity index (χ1) is 6.52. The van der Waals surface area contributed by atoms with Crippen molar-refractivity contribution in [1.82, 2.24) is 0 Å². The van der Waals surface area contributed by atoms with E-state index < -0.39 is 14.9 Å². The van der Waals surface area contributed by atoms with Gasteiger partial charge < -0.3 is 23.7 Å². The van der Waals surface area contributed by atoms with Crippen LogP contribution in [0.2, 0.25) is 5.54 Å². The Morgan fingerprint density at radius 3 is 2.00 bits per heavy atom. The van der Waals surface area contributed by atoms with Crippen molar-refractivity contribution in [3.63, 3.8) is 0 Å². The number of primary amides is 1. The lowest BCUT2D eigenvalue weighted by Crippen LogP contribution is -2.48. The molecule has 0 aromatic carbocycles. The second kappa shape index (κ2) is 5.97. The molecule has 0 bridgehead atoms. The number of hydrogen-bond acceptors (Lipinski definition) is 5. The van der Waals surface area contributed by atoms with Crippen molar-refractivity contribution >= 4 is 14.9 Å². The lowest BCUT2D eigenvalue weighted by Gasteiger charge is -2.29. The topological polar surface area (TPSA) is 80.0 Å². The van der Waals surface area contributed by atoms with Crippen LogP contribution in [0.5, 0.6) is 0 Å². The maximum Gasteiger partial charge on any atom is 0.506 e. The third kappa shape index (κ3) is 3.26. The van der Waals surface area contributed by atoms with Crippen LogP contribution >= 0.6 is 0 Å². The summed E-state index contributed by atoms with van der Waals surface area (Å²) < 4.78 is 20.2. The van der Waals surface area contributed by atoms with Gasteiger partial charge in [0.25, 0.3) is 0 Å². The Kier molecular flexibility index (Phi) is 5.70. The maximum absolute atomic E-state index is 10.4. The Morgan fingerprint density at radius 2 is 1.71 bits per heavy atom. The molecule has 1 amide bonds. The zero-order valence-electron chi connectivity index (χ0n) is 8.90. The lowest BCUT2D eigenvalue weighted by atomic mass is 10.5. The number of nitrogens with two attached hydrogens (primary N) is 1. The summed E-state index contributed by atoms with van der Waals surface area (Å²) in [7, 11) is 1.78. The molecule has 0 aliphatic carbocycles. The Labute approximate surface area is 84.6 Å². The van der Waals surface area contributed by atoms with Gasteiger partial charge in [0.1, 0.15) is 6.61 Å². The van der Waals surface area contributed by atoms with E-state index in [1.165, 1.54) is 21.3 Å². The van der Waals surface area contributed by atoms with E-state index in [0.717, 1.165) is 0 Å². The van der Waals surface area contributed by atoms with Crippen LogP contribution in [0.15, 0.2) is 0 Å². The van der Waals surface area contributed by atoms with Crippen molar-refractivity contribution in [2.24, 2.45) is 5.73 Å². The van der Waals surface area contributed by atoms with Crippen molar-refractivity contribution < 1.29 is 22.8 Å². The summed E-state index contributed by atoms with van der Waals surface area (Å²) in [6.07, 6.45) is -0.817. The van der Waals surface area contributed by atoms with E-state index in [9.17, 15) is 4.79 Å². The molecular weight excluding hydrogens is 206 g/mol. The molecule has 2 N–H and O–H groups in total. The van der Waals surface area contributed by atoms with E-state index >= 15 is 0 Å². The average molecular weight is 223 g/mol. The van der Waals surface area contributed by atoms with Crippen molar-refractivity contribution in [3.05, 3.63) is 0 Å². The van der Waals surface area contributed by atoms with Crippen LogP contribution in [0.25, 0.3) is 0 Å². The summed E-state index contributed by atoms with van der Waals surface area (Å²) in [5.74, 6) is 0. The highest BCUT2D eigenvalue weighted by Gasteiger charge is 2.45. The Bertz CT molecular complexity index is 177. The molecule has 0 rings (SSSR count). The summed E-state index contributed by atoms with van der Waals surface area (Å²) in [5.41, 5.74) is 4.68. The molecule has 14 heavy (non-hydrogen) atoms. The molecule has 1 unspecified atom stereocenters. The molecule has 0 aromatic rings. The van der Waals surface area contributed by atoms with Crippen LogP contribution in [0.3, 0.4) is 0 Å². The van der Waals surface area contributed by atoms with E-state index in [-0.39, 0.29) is 12.1 Å². The van der Waals surface area contributed by atoms with Gasteiger partial charge in [-0.2, -0.15) is 0 Å². The van der Waals surface area contributed by atoms with E-state index in [0.29, 0.717) is 0 Å². The van der Waals surface area contributed by atoms with Crippen LogP contribution in [0, 0.1) is 0 Å². The quantitative estimate of drug-likeness (QED) is 0.657. The molecule has 0 aromatic heterocycles. The Morgan fingerprint density at radius 1 is 1.29 bits per heavy atom. The van der Waals surface area contributed by atoms with Crippen molar-refractivity contribution in [3.8, 4) is 0 Å². The predicted octanol–water partition coefficient (Wildman–Crippen LogP) is 0.350. The molecule has 0 radical (unpaired) electrons. The molecule has 0 aliphatic rings. The normalized spacial score (nSPS) is 13.7. The number of amides is 1. The van der Waals surface area contributed by atoms with Gasteiger partial charge in [-0.05, 0) is 0 Å². The number of rotatable bonds is 6. The minimum absolute atomic E-state index is 0.122. The van der Waals surface area contributed by atoms with Gasteiger partial charge in [0.2, 0.25) is 0 Å². The molecule has 1 atom stereocenters. The van der Waals surface area contributed by atoms with Crippen LogP contribution < -0.4 is 5.73 Å². The Balaban J connectivity index is 4.28. The van der Waals surface area contributed by atoms with Crippen LogP contribution in [-0.2, 0) is 18.0 Å². The summed E-state index contributed by atoms with van der Waals surface area (Å²) in [4.78, 5) is 10.4. The molecule has 0 saturated carbocycles. The zero-order valence-corrected chi connectivity index (χ0v) is 9.90. The minimum Gasteiger partial charge on any atom is -0.449 e. The summed E-state index contributed by atoms with van der Waals surface area (Å²) >= 11 is 0. The predicted molar refractivity (Wildman–Crippen MR) is 51.7 cm³/mol. The summed E-state index contributed by atoms with van der Waals surface area (Å²) in [6, 6.07) is 0. The highest BCUT2D eigenvalue weighted by atomic mass is 28.4. The van der Waals surface area contributed by atoms with Gasteiger partial charge in [0.05, 0.1) is 5.54 Å². The first-order valence-electron chi connectivity index (χ1n) is 4.10. The summed E-state index contributed by atoms with van der Waals surface area (Å²) in [5, 5.41) is 0. The number of hydrogen-bond donors (Lipinski definition) is 1. The lowest BCUT2D eigenvalue weighted by molar-refractivity contribution is 0.0941. The second-order valence-corrected chi connectivity index (χ2v) is 6.16. The molecule has 0 heterocycles. The van der Waals surface area contributed by atoms with Crippen molar-refractivity contribution in [2.45, 2.75) is 12.5 Å².